The van der Waals surface area contributed by atoms with Crippen LogP contribution >= 0.6 is 0 Å². The summed E-state index contributed by atoms with van der Waals surface area (Å²) in [7, 11) is 3.12. The molecule has 140 valence electrons. The van der Waals surface area contributed by atoms with E-state index in [1.807, 2.05) is 6.07 Å². The number of likely N-dealkylation sites (tertiary alicyclic amines) is 1. The molecule has 5 amide bonds. The molecule has 2 heterocycles. The third kappa shape index (κ3) is 3.51. The van der Waals surface area contributed by atoms with Crippen LogP contribution in [0.2, 0.25) is 0 Å². The largest absolute Gasteiger partial charge is 0.493 e. The quantitative estimate of drug-likeness (QED) is 0.745. The van der Waals surface area contributed by atoms with E-state index in [1.54, 1.807) is 31.3 Å². The molecular weight excluding hydrogens is 340 g/mol. The molecule has 26 heavy (non-hydrogen) atoms. The van der Waals surface area contributed by atoms with Gasteiger partial charge in [0, 0.05) is 19.6 Å². The van der Waals surface area contributed by atoms with Gasteiger partial charge in [-0.05, 0) is 24.1 Å². The zero-order valence-electron chi connectivity index (χ0n) is 14.8. The second-order valence-electron chi connectivity index (χ2n) is 6.16. The van der Waals surface area contributed by atoms with Crippen molar-refractivity contribution in [3.63, 3.8) is 0 Å². The Labute approximate surface area is 151 Å². The molecule has 1 unspecified atom stereocenters. The van der Waals surface area contributed by atoms with E-state index < -0.39 is 0 Å². The Morgan fingerprint density at radius 3 is 2.69 bits per heavy atom. The highest BCUT2D eigenvalue weighted by Gasteiger charge is 2.39. The van der Waals surface area contributed by atoms with E-state index in [9.17, 15) is 14.4 Å². The van der Waals surface area contributed by atoms with Crippen LogP contribution in [0.1, 0.15) is 12.0 Å². The number of methoxy groups -OCH3 is 2. The van der Waals surface area contributed by atoms with E-state index in [-0.39, 0.29) is 30.6 Å². The molecule has 0 radical (unpaired) electrons. The number of hydrogen-bond donors (Lipinski definition) is 2. The minimum absolute atomic E-state index is 0.0286. The van der Waals surface area contributed by atoms with Gasteiger partial charge in [0.15, 0.2) is 11.5 Å². The standard InChI is InChI=1S/C17H22N4O5/c1-25-13-4-3-11(7-14(13)26-2)8-18-16(23)20-6-5-12(10-20)21-15(22)9-19-17(21)24/h3-4,7,12H,5-6,8-10H2,1-2H3,(H,18,23)(H,19,24). The number of imide groups is 1. The number of nitrogens with zero attached hydrogens (tertiary/aromatic N) is 2. The average molecular weight is 362 g/mol. The van der Waals surface area contributed by atoms with Crippen LogP contribution < -0.4 is 20.1 Å². The lowest BCUT2D eigenvalue weighted by Gasteiger charge is -2.21. The number of hydrogen-bond acceptors (Lipinski definition) is 5. The van der Waals surface area contributed by atoms with E-state index in [0.717, 1.165) is 5.56 Å². The molecule has 0 bridgehead atoms. The van der Waals surface area contributed by atoms with Crippen molar-refractivity contribution in [3.8, 4) is 11.5 Å². The zero-order valence-corrected chi connectivity index (χ0v) is 14.8. The van der Waals surface area contributed by atoms with Crippen LogP contribution in [-0.4, -0.2) is 67.7 Å². The summed E-state index contributed by atoms with van der Waals surface area (Å²) in [4.78, 5) is 38.7. The number of urea groups is 2. The summed E-state index contributed by atoms with van der Waals surface area (Å²) in [5.41, 5.74) is 0.876. The summed E-state index contributed by atoms with van der Waals surface area (Å²) in [5, 5.41) is 5.35. The molecular formula is C17H22N4O5. The van der Waals surface area contributed by atoms with E-state index in [2.05, 4.69) is 10.6 Å². The van der Waals surface area contributed by atoms with Crippen molar-refractivity contribution in [2.45, 2.75) is 19.0 Å². The molecule has 1 atom stereocenters. The Bertz CT molecular complexity index is 707. The van der Waals surface area contributed by atoms with Crippen molar-refractivity contribution in [3.05, 3.63) is 23.8 Å². The van der Waals surface area contributed by atoms with Crippen molar-refractivity contribution in [1.82, 2.24) is 20.4 Å². The van der Waals surface area contributed by atoms with Crippen LogP contribution in [0.3, 0.4) is 0 Å². The van der Waals surface area contributed by atoms with Crippen molar-refractivity contribution in [1.29, 1.82) is 0 Å². The van der Waals surface area contributed by atoms with Gasteiger partial charge in [0.25, 0.3) is 0 Å². The highest BCUT2D eigenvalue weighted by atomic mass is 16.5. The van der Waals surface area contributed by atoms with Gasteiger partial charge in [-0.25, -0.2) is 9.59 Å². The summed E-state index contributed by atoms with van der Waals surface area (Å²) in [6, 6.07) is 4.56. The monoisotopic (exact) mass is 362 g/mol. The van der Waals surface area contributed by atoms with E-state index in [1.165, 1.54) is 4.90 Å². The van der Waals surface area contributed by atoms with Crippen LogP contribution in [0.4, 0.5) is 9.59 Å². The Hall–Kier alpha value is -2.97. The molecule has 1 aromatic carbocycles. The Balaban J connectivity index is 1.54. The molecule has 9 nitrogen and oxygen atoms in total. The Morgan fingerprint density at radius 1 is 1.27 bits per heavy atom. The lowest BCUT2D eigenvalue weighted by Crippen LogP contribution is -2.44. The number of benzene rings is 1. The second-order valence-corrected chi connectivity index (χ2v) is 6.16. The number of nitrogens with one attached hydrogen (secondary N) is 2. The maximum atomic E-state index is 12.4. The number of carbonyl (C=O) groups excluding carboxylic acids is 3. The van der Waals surface area contributed by atoms with E-state index >= 15 is 0 Å². The van der Waals surface area contributed by atoms with Gasteiger partial charge in [-0.3, -0.25) is 9.69 Å². The molecule has 0 aliphatic carbocycles. The van der Waals surface area contributed by atoms with Crippen LogP contribution in [0.25, 0.3) is 0 Å². The molecule has 0 aromatic heterocycles. The molecule has 2 saturated heterocycles. The van der Waals surface area contributed by atoms with Crippen LogP contribution in [-0.2, 0) is 11.3 Å². The topological polar surface area (TPSA) is 100 Å². The fraction of sp³-hybridized carbons (Fsp3) is 0.471. The first-order valence-corrected chi connectivity index (χ1v) is 8.37. The molecule has 2 fully saturated rings. The normalized spacial score (nSPS) is 19.5. The number of rotatable bonds is 5. The van der Waals surface area contributed by atoms with E-state index in [0.29, 0.717) is 37.6 Å². The second kappa shape index (κ2) is 7.51. The van der Waals surface area contributed by atoms with Crippen molar-refractivity contribution < 1.29 is 23.9 Å². The van der Waals surface area contributed by atoms with Gasteiger partial charge in [-0.2, -0.15) is 0 Å². The smallest absolute Gasteiger partial charge is 0.324 e. The molecule has 9 heteroatoms. The molecule has 2 aliphatic heterocycles. The third-order valence-electron chi connectivity index (χ3n) is 4.59. The summed E-state index contributed by atoms with van der Waals surface area (Å²) >= 11 is 0. The third-order valence-corrected chi connectivity index (χ3v) is 4.59. The highest BCUT2D eigenvalue weighted by molar-refractivity contribution is 6.02. The Kier molecular flexibility index (Phi) is 5.15. The van der Waals surface area contributed by atoms with Gasteiger partial charge < -0.3 is 25.0 Å². The lowest BCUT2D eigenvalue weighted by atomic mass is 10.2. The summed E-state index contributed by atoms with van der Waals surface area (Å²) in [6.45, 7) is 1.21. The Morgan fingerprint density at radius 2 is 2.04 bits per heavy atom. The van der Waals surface area contributed by atoms with Gasteiger partial charge in [-0.15, -0.1) is 0 Å². The molecule has 0 spiro atoms. The zero-order chi connectivity index (χ0) is 18.7. The van der Waals surface area contributed by atoms with Crippen molar-refractivity contribution in [2.24, 2.45) is 0 Å². The first-order valence-electron chi connectivity index (χ1n) is 8.37. The summed E-state index contributed by atoms with van der Waals surface area (Å²) in [5.74, 6) is 0.977. The predicted octanol–water partition coefficient (Wildman–Crippen LogP) is 0.540. The highest BCUT2D eigenvalue weighted by Crippen LogP contribution is 2.27. The lowest BCUT2D eigenvalue weighted by molar-refractivity contribution is -0.126. The van der Waals surface area contributed by atoms with Gasteiger partial charge in [0.1, 0.15) is 0 Å². The number of ether oxygens (including phenoxy) is 2. The van der Waals surface area contributed by atoms with Gasteiger partial charge in [-0.1, -0.05) is 6.07 Å². The maximum Gasteiger partial charge on any atom is 0.324 e. The first kappa shape index (κ1) is 17.8. The number of amides is 5. The maximum absolute atomic E-state index is 12.4. The van der Waals surface area contributed by atoms with Gasteiger partial charge in [0.2, 0.25) is 5.91 Å². The van der Waals surface area contributed by atoms with Gasteiger partial charge >= 0.3 is 12.1 Å². The first-order chi connectivity index (χ1) is 12.5. The van der Waals surface area contributed by atoms with Crippen LogP contribution in [0.5, 0.6) is 11.5 Å². The number of carbonyl (C=O) groups is 3. The average Bonchev–Trinajstić information content (AvgIpc) is 3.25. The van der Waals surface area contributed by atoms with Crippen molar-refractivity contribution >= 4 is 18.0 Å². The molecule has 2 N–H and O–H groups in total. The van der Waals surface area contributed by atoms with E-state index in [4.69, 9.17) is 9.47 Å². The molecule has 3 rings (SSSR count). The predicted molar refractivity (Wildman–Crippen MR) is 92.0 cm³/mol. The molecule has 1 aromatic rings. The molecule has 0 saturated carbocycles. The van der Waals surface area contributed by atoms with Gasteiger partial charge in [0.05, 0.1) is 26.8 Å². The SMILES string of the molecule is COc1ccc(CNC(=O)N2CCC(N3C(=O)CNC3=O)C2)cc1OC. The minimum atomic E-state index is -0.382. The fourth-order valence-electron chi connectivity index (χ4n) is 3.22. The minimum Gasteiger partial charge on any atom is -0.493 e. The fourth-order valence-corrected chi connectivity index (χ4v) is 3.22. The summed E-state index contributed by atoms with van der Waals surface area (Å²) in [6.07, 6.45) is 0.586. The molecule has 2 aliphatic rings. The van der Waals surface area contributed by atoms with Crippen LogP contribution in [0, 0.1) is 0 Å². The van der Waals surface area contributed by atoms with Crippen LogP contribution in [0.15, 0.2) is 18.2 Å². The van der Waals surface area contributed by atoms with Crippen molar-refractivity contribution in [2.75, 3.05) is 33.9 Å². The summed E-state index contributed by atoms with van der Waals surface area (Å²) < 4.78 is 10.4.